The molecule has 22 heavy (non-hydrogen) atoms. The Morgan fingerprint density at radius 1 is 1.18 bits per heavy atom. The largest absolute Gasteiger partial charge is 0.493 e. The summed E-state index contributed by atoms with van der Waals surface area (Å²) < 4.78 is 15.9. The molecule has 0 amide bonds. The third kappa shape index (κ3) is 4.42. The predicted octanol–water partition coefficient (Wildman–Crippen LogP) is 1.41. The quantitative estimate of drug-likeness (QED) is 0.631. The fourth-order valence-electron chi connectivity index (χ4n) is 1.95. The third-order valence-electron chi connectivity index (χ3n) is 2.97. The van der Waals surface area contributed by atoms with Crippen LogP contribution in [-0.2, 0) is 0 Å². The zero-order valence-corrected chi connectivity index (χ0v) is 13.7. The number of guanidine groups is 1. The highest BCUT2D eigenvalue weighted by Gasteiger charge is 2.12. The molecule has 1 aliphatic heterocycles. The van der Waals surface area contributed by atoms with Gasteiger partial charge in [0, 0.05) is 18.7 Å². The zero-order chi connectivity index (χ0) is 15.1. The van der Waals surface area contributed by atoms with Gasteiger partial charge in [-0.2, -0.15) is 5.10 Å². The van der Waals surface area contributed by atoms with Gasteiger partial charge in [0.1, 0.15) is 0 Å². The highest BCUT2D eigenvalue weighted by atomic mass is 35.5. The summed E-state index contributed by atoms with van der Waals surface area (Å²) in [6.45, 7) is 1.72. The van der Waals surface area contributed by atoms with Gasteiger partial charge in [-0.1, -0.05) is 0 Å². The van der Waals surface area contributed by atoms with Crippen LogP contribution in [0.4, 0.5) is 0 Å². The van der Waals surface area contributed by atoms with Crippen LogP contribution in [0, 0.1) is 0 Å². The zero-order valence-electron chi connectivity index (χ0n) is 12.9. The lowest BCUT2D eigenvalue weighted by Gasteiger charge is -2.13. The monoisotopic (exact) mass is 328 g/mol. The summed E-state index contributed by atoms with van der Waals surface area (Å²) in [7, 11) is 4.73. The molecule has 0 saturated carbocycles. The molecule has 7 nitrogen and oxygen atoms in total. The maximum absolute atomic E-state index is 5.29. The van der Waals surface area contributed by atoms with Gasteiger partial charge in [0.15, 0.2) is 11.5 Å². The van der Waals surface area contributed by atoms with Crippen molar-refractivity contribution in [3.8, 4) is 17.2 Å². The van der Waals surface area contributed by atoms with E-state index in [9.17, 15) is 0 Å². The first-order valence-corrected chi connectivity index (χ1v) is 6.66. The van der Waals surface area contributed by atoms with Crippen molar-refractivity contribution in [1.29, 1.82) is 0 Å². The molecule has 0 radical (unpaired) electrons. The first kappa shape index (κ1) is 17.9. The summed E-state index contributed by atoms with van der Waals surface area (Å²) in [5, 5.41) is 7.28. The van der Waals surface area contributed by atoms with Crippen molar-refractivity contribution in [2.75, 3.05) is 34.4 Å². The van der Waals surface area contributed by atoms with Gasteiger partial charge in [-0.05, 0) is 18.6 Å². The van der Waals surface area contributed by atoms with E-state index in [2.05, 4.69) is 20.8 Å². The number of nitrogens with zero attached hydrogens (tertiary/aromatic N) is 2. The van der Waals surface area contributed by atoms with E-state index in [0.29, 0.717) is 23.2 Å². The number of ether oxygens (including phenoxy) is 3. The number of nitrogens with one attached hydrogen (secondary N) is 2. The number of aliphatic imine (C=N–C) groups is 1. The second-order valence-corrected chi connectivity index (χ2v) is 4.34. The number of hydrogen-bond donors (Lipinski definition) is 2. The normalized spacial score (nSPS) is 13.7. The van der Waals surface area contributed by atoms with Gasteiger partial charge in [0.25, 0.3) is 0 Å². The Kier molecular flexibility index (Phi) is 7.31. The number of benzene rings is 1. The number of rotatable bonds is 5. The third-order valence-corrected chi connectivity index (χ3v) is 2.97. The van der Waals surface area contributed by atoms with E-state index in [1.807, 2.05) is 12.1 Å². The Morgan fingerprint density at radius 3 is 2.36 bits per heavy atom. The Hall–Kier alpha value is -2.15. The minimum Gasteiger partial charge on any atom is -0.493 e. The SMILES string of the molecule is COc1cc(C=NNC2=NCCCN2)cc(OC)c1OC.Cl. The number of hydrazone groups is 1. The van der Waals surface area contributed by atoms with Crippen molar-refractivity contribution in [2.24, 2.45) is 10.1 Å². The van der Waals surface area contributed by atoms with Crippen molar-refractivity contribution in [3.05, 3.63) is 17.7 Å². The molecular formula is C14H21ClN4O3. The van der Waals surface area contributed by atoms with Crippen LogP contribution >= 0.6 is 12.4 Å². The molecule has 1 aromatic carbocycles. The highest BCUT2D eigenvalue weighted by Crippen LogP contribution is 2.37. The minimum atomic E-state index is 0. The van der Waals surface area contributed by atoms with Crippen LogP contribution in [0.3, 0.4) is 0 Å². The molecular weight excluding hydrogens is 308 g/mol. The molecule has 2 rings (SSSR count). The molecule has 1 heterocycles. The van der Waals surface area contributed by atoms with Crippen LogP contribution in [0.1, 0.15) is 12.0 Å². The van der Waals surface area contributed by atoms with Crippen molar-refractivity contribution in [2.45, 2.75) is 6.42 Å². The molecule has 1 aliphatic rings. The predicted molar refractivity (Wildman–Crippen MR) is 89.0 cm³/mol. The molecule has 0 saturated heterocycles. The molecule has 0 atom stereocenters. The maximum atomic E-state index is 5.29. The van der Waals surface area contributed by atoms with Crippen LogP contribution in [0.25, 0.3) is 0 Å². The van der Waals surface area contributed by atoms with E-state index < -0.39 is 0 Å². The van der Waals surface area contributed by atoms with Crippen LogP contribution in [0.15, 0.2) is 22.2 Å². The topological polar surface area (TPSA) is 76.5 Å². The molecule has 0 aliphatic carbocycles. The molecule has 0 spiro atoms. The minimum absolute atomic E-state index is 0. The van der Waals surface area contributed by atoms with Crippen LogP contribution in [0.5, 0.6) is 17.2 Å². The smallest absolute Gasteiger partial charge is 0.212 e. The van der Waals surface area contributed by atoms with E-state index in [4.69, 9.17) is 14.2 Å². The van der Waals surface area contributed by atoms with E-state index in [1.54, 1.807) is 27.5 Å². The molecule has 1 aromatic rings. The maximum Gasteiger partial charge on any atom is 0.212 e. The van der Waals surface area contributed by atoms with Gasteiger partial charge < -0.3 is 19.5 Å². The van der Waals surface area contributed by atoms with Crippen LogP contribution in [-0.4, -0.2) is 46.6 Å². The average molecular weight is 329 g/mol. The number of methoxy groups -OCH3 is 3. The second-order valence-electron chi connectivity index (χ2n) is 4.34. The molecule has 0 bridgehead atoms. The lowest BCUT2D eigenvalue weighted by Crippen LogP contribution is -2.38. The Labute approximate surface area is 136 Å². The fourth-order valence-corrected chi connectivity index (χ4v) is 1.95. The summed E-state index contributed by atoms with van der Waals surface area (Å²) in [6.07, 6.45) is 2.71. The molecule has 0 fully saturated rings. The van der Waals surface area contributed by atoms with Crippen molar-refractivity contribution < 1.29 is 14.2 Å². The molecule has 8 heteroatoms. The molecule has 0 unspecified atom stereocenters. The van der Waals surface area contributed by atoms with Gasteiger partial charge in [-0.15, -0.1) is 12.4 Å². The van der Waals surface area contributed by atoms with Crippen LogP contribution in [0.2, 0.25) is 0 Å². The van der Waals surface area contributed by atoms with Gasteiger partial charge >= 0.3 is 0 Å². The van der Waals surface area contributed by atoms with E-state index in [1.165, 1.54) is 0 Å². The Morgan fingerprint density at radius 2 is 1.86 bits per heavy atom. The Balaban J connectivity index is 0.00000242. The summed E-state index contributed by atoms with van der Waals surface area (Å²) in [6, 6.07) is 3.64. The van der Waals surface area contributed by atoms with Crippen molar-refractivity contribution in [1.82, 2.24) is 10.7 Å². The lowest BCUT2D eigenvalue weighted by atomic mass is 10.2. The summed E-state index contributed by atoms with van der Waals surface area (Å²) in [4.78, 5) is 4.27. The summed E-state index contributed by atoms with van der Waals surface area (Å²) >= 11 is 0. The first-order chi connectivity index (χ1) is 10.3. The van der Waals surface area contributed by atoms with E-state index in [0.717, 1.165) is 25.1 Å². The van der Waals surface area contributed by atoms with Crippen molar-refractivity contribution >= 4 is 24.6 Å². The second kappa shape index (κ2) is 8.99. The van der Waals surface area contributed by atoms with Gasteiger partial charge in [0.2, 0.25) is 11.7 Å². The molecule has 122 valence electrons. The summed E-state index contributed by atoms with van der Waals surface area (Å²) in [5.41, 5.74) is 3.70. The standard InChI is InChI=1S/C14H20N4O3.ClH/c1-19-11-7-10(8-12(20-2)13(11)21-3)9-17-18-14-15-5-4-6-16-14;/h7-9H,4-6H2,1-3H3,(H2,15,16,18);1H. The molecule has 0 aromatic heterocycles. The van der Waals surface area contributed by atoms with Gasteiger partial charge in [0.05, 0.1) is 27.5 Å². The number of hydrogen-bond acceptors (Lipinski definition) is 7. The van der Waals surface area contributed by atoms with Crippen LogP contribution < -0.4 is 25.0 Å². The fraction of sp³-hybridized carbons (Fsp3) is 0.429. The average Bonchev–Trinajstić information content (AvgIpc) is 2.54. The Bertz CT molecular complexity index is 524. The highest BCUT2D eigenvalue weighted by molar-refractivity contribution is 5.86. The first-order valence-electron chi connectivity index (χ1n) is 6.66. The van der Waals surface area contributed by atoms with E-state index >= 15 is 0 Å². The lowest BCUT2D eigenvalue weighted by molar-refractivity contribution is 0.324. The van der Waals surface area contributed by atoms with E-state index in [-0.39, 0.29) is 12.4 Å². The number of halogens is 1. The summed E-state index contributed by atoms with van der Waals surface area (Å²) in [5.74, 6) is 2.42. The van der Waals surface area contributed by atoms with Gasteiger partial charge in [-0.25, -0.2) is 5.43 Å². The van der Waals surface area contributed by atoms with Crippen molar-refractivity contribution in [3.63, 3.8) is 0 Å². The molecule has 2 N–H and O–H groups in total. The van der Waals surface area contributed by atoms with Gasteiger partial charge in [-0.3, -0.25) is 4.99 Å².